The van der Waals surface area contributed by atoms with E-state index in [1.807, 2.05) is 0 Å². The van der Waals surface area contributed by atoms with Gasteiger partial charge in [-0.05, 0) is 18.2 Å². The third-order valence-electron chi connectivity index (χ3n) is 2.01. The Morgan fingerprint density at radius 1 is 1.33 bits per heavy atom. The van der Waals surface area contributed by atoms with E-state index in [2.05, 4.69) is 10.6 Å². The van der Waals surface area contributed by atoms with E-state index in [0.29, 0.717) is 0 Å². The predicted molar refractivity (Wildman–Crippen MR) is 63.8 cm³/mol. The molecule has 0 aliphatic heterocycles. The molecule has 0 unspecified atom stereocenters. The van der Waals surface area contributed by atoms with Crippen LogP contribution in [0.3, 0.4) is 0 Å². The number of urea groups is 1. The van der Waals surface area contributed by atoms with Gasteiger partial charge in [0.1, 0.15) is 5.82 Å². The number of rotatable bonds is 5. The van der Waals surface area contributed by atoms with E-state index in [9.17, 15) is 17.6 Å². The van der Waals surface area contributed by atoms with Crippen LogP contribution in [0.2, 0.25) is 0 Å². The van der Waals surface area contributed by atoms with Gasteiger partial charge in [0, 0.05) is 13.1 Å². The maximum absolute atomic E-state index is 13.5. The molecule has 1 rings (SSSR count). The summed E-state index contributed by atoms with van der Waals surface area (Å²) in [6.45, 7) is 0.459. The average Bonchev–Trinajstić information content (AvgIpc) is 2.24. The smallest absolute Gasteiger partial charge is 0.312 e. The summed E-state index contributed by atoms with van der Waals surface area (Å²) in [6.07, 6.45) is 0. The highest BCUT2D eigenvalue weighted by Crippen LogP contribution is 2.17. The summed E-state index contributed by atoms with van der Waals surface area (Å²) in [5, 5.41) is 9.83. The van der Waals surface area contributed by atoms with Crippen molar-refractivity contribution in [2.24, 2.45) is 10.9 Å². The first kappa shape index (κ1) is 14.2. The first-order valence-electron chi connectivity index (χ1n) is 4.90. The molecule has 100 valence electrons. The van der Waals surface area contributed by atoms with E-state index in [0.717, 1.165) is 6.07 Å². The molecule has 0 bridgehead atoms. The Balaban J connectivity index is 2.66. The number of carbonyl (C=O) groups excluding carboxylic acids is 1. The van der Waals surface area contributed by atoms with Crippen LogP contribution in [-0.2, 0) is 10.0 Å². The third-order valence-corrected chi connectivity index (χ3v) is 2.92. The molecule has 0 aliphatic rings. The molecule has 0 saturated carbocycles. The van der Waals surface area contributed by atoms with Gasteiger partial charge in [0.25, 0.3) is 0 Å². The summed E-state index contributed by atoms with van der Waals surface area (Å²) >= 11 is 0. The van der Waals surface area contributed by atoms with Crippen molar-refractivity contribution in [3.05, 3.63) is 24.0 Å². The van der Waals surface area contributed by atoms with Gasteiger partial charge in [-0.15, -0.1) is 0 Å². The summed E-state index contributed by atoms with van der Waals surface area (Å²) in [5.41, 5.74) is 4.94. The van der Waals surface area contributed by atoms with E-state index in [1.54, 1.807) is 0 Å². The second kappa shape index (κ2) is 5.65. The maximum Gasteiger partial charge on any atom is 0.312 e. The number of hydrogen-bond acceptors (Lipinski definition) is 4. The standard InChI is InChI=1S/C9H13FN4O3S/c10-7-5-6(18(12,16)17)1-2-8(7)13-3-4-14-9(11)15/h1-2,5,13H,3-4H2,(H3,11,14,15)(H2,12,16,17). The van der Waals surface area contributed by atoms with E-state index >= 15 is 0 Å². The molecule has 9 heteroatoms. The fourth-order valence-corrected chi connectivity index (χ4v) is 1.72. The lowest BCUT2D eigenvalue weighted by atomic mass is 10.3. The zero-order valence-corrected chi connectivity index (χ0v) is 10.1. The number of benzene rings is 1. The lowest BCUT2D eigenvalue weighted by Crippen LogP contribution is -2.33. The van der Waals surface area contributed by atoms with Gasteiger partial charge in [-0.2, -0.15) is 0 Å². The summed E-state index contributed by atoms with van der Waals surface area (Å²) in [4.78, 5) is 10.1. The second-order valence-electron chi connectivity index (χ2n) is 3.40. The molecular formula is C9H13FN4O3S. The van der Waals surface area contributed by atoms with Crippen molar-refractivity contribution in [2.75, 3.05) is 18.4 Å². The summed E-state index contributed by atoms with van der Waals surface area (Å²) in [5.74, 6) is -0.749. The molecule has 0 aromatic heterocycles. The van der Waals surface area contributed by atoms with Crippen LogP contribution in [0.25, 0.3) is 0 Å². The molecule has 0 fully saturated rings. The molecular weight excluding hydrogens is 263 g/mol. The first-order valence-corrected chi connectivity index (χ1v) is 6.45. The number of primary sulfonamides is 1. The Morgan fingerprint density at radius 3 is 2.50 bits per heavy atom. The number of sulfonamides is 1. The summed E-state index contributed by atoms with van der Waals surface area (Å²) in [6, 6.07) is 2.57. The number of nitrogens with two attached hydrogens (primary N) is 2. The number of amides is 2. The fourth-order valence-electron chi connectivity index (χ4n) is 1.20. The molecule has 6 N–H and O–H groups in total. The highest BCUT2D eigenvalue weighted by Gasteiger charge is 2.11. The molecule has 0 heterocycles. The van der Waals surface area contributed by atoms with Crippen LogP contribution in [0.1, 0.15) is 0 Å². The number of carbonyl (C=O) groups is 1. The minimum Gasteiger partial charge on any atom is -0.381 e. The van der Waals surface area contributed by atoms with Crippen LogP contribution in [0, 0.1) is 5.82 Å². The van der Waals surface area contributed by atoms with Crippen LogP contribution >= 0.6 is 0 Å². The van der Waals surface area contributed by atoms with E-state index < -0.39 is 21.9 Å². The summed E-state index contributed by atoms with van der Waals surface area (Å²) < 4.78 is 35.4. The Kier molecular flexibility index (Phi) is 4.45. The zero-order valence-electron chi connectivity index (χ0n) is 9.31. The van der Waals surface area contributed by atoms with E-state index in [4.69, 9.17) is 10.9 Å². The van der Waals surface area contributed by atoms with E-state index in [1.165, 1.54) is 12.1 Å². The first-order chi connectivity index (χ1) is 8.30. The molecule has 0 saturated heterocycles. The van der Waals surface area contributed by atoms with Crippen molar-refractivity contribution >= 4 is 21.7 Å². The van der Waals surface area contributed by atoms with Gasteiger partial charge >= 0.3 is 6.03 Å². The van der Waals surface area contributed by atoms with Crippen LogP contribution in [-0.4, -0.2) is 27.5 Å². The third kappa shape index (κ3) is 4.18. The Morgan fingerprint density at radius 2 is 2.00 bits per heavy atom. The number of primary amides is 1. The van der Waals surface area contributed by atoms with Crippen molar-refractivity contribution in [3.8, 4) is 0 Å². The Labute approximate surface area is 103 Å². The van der Waals surface area contributed by atoms with Gasteiger partial charge in [-0.25, -0.2) is 22.7 Å². The topological polar surface area (TPSA) is 127 Å². The lowest BCUT2D eigenvalue weighted by Gasteiger charge is -2.08. The molecule has 18 heavy (non-hydrogen) atoms. The molecule has 0 atom stereocenters. The minimum atomic E-state index is -3.92. The Bertz CT molecular complexity index is 547. The molecule has 2 amide bonds. The number of halogens is 1. The highest BCUT2D eigenvalue weighted by molar-refractivity contribution is 7.89. The van der Waals surface area contributed by atoms with Crippen LogP contribution < -0.4 is 21.5 Å². The molecule has 0 radical (unpaired) electrons. The molecule has 1 aromatic rings. The van der Waals surface area contributed by atoms with Gasteiger partial charge in [0.05, 0.1) is 10.6 Å². The van der Waals surface area contributed by atoms with Crippen molar-refractivity contribution in [2.45, 2.75) is 4.90 Å². The zero-order chi connectivity index (χ0) is 13.8. The van der Waals surface area contributed by atoms with Crippen molar-refractivity contribution < 1.29 is 17.6 Å². The average molecular weight is 276 g/mol. The molecule has 7 nitrogen and oxygen atoms in total. The molecule has 1 aromatic carbocycles. The predicted octanol–water partition coefficient (Wildman–Crippen LogP) is -0.447. The van der Waals surface area contributed by atoms with Gasteiger partial charge in [0.2, 0.25) is 10.0 Å². The summed E-state index contributed by atoms with van der Waals surface area (Å²) in [7, 11) is -3.92. The monoisotopic (exact) mass is 276 g/mol. The number of nitrogens with one attached hydrogen (secondary N) is 2. The number of hydrogen-bond donors (Lipinski definition) is 4. The van der Waals surface area contributed by atoms with Gasteiger partial charge in [-0.1, -0.05) is 0 Å². The lowest BCUT2D eigenvalue weighted by molar-refractivity contribution is 0.249. The van der Waals surface area contributed by atoms with Gasteiger partial charge in [0.15, 0.2) is 0 Å². The number of anilines is 1. The fraction of sp³-hybridized carbons (Fsp3) is 0.222. The van der Waals surface area contributed by atoms with Crippen molar-refractivity contribution in [1.29, 1.82) is 0 Å². The SMILES string of the molecule is NC(=O)NCCNc1ccc(S(N)(=O)=O)cc1F. The van der Waals surface area contributed by atoms with Crippen molar-refractivity contribution in [3.63, 3.8) is 0 Å². The van der Waals surface area contributed by atoms with E-state index in [-0.39, 0.29) is 23.7 Å². The quantitative estimate of drug-likeness (QED) is 0.543. The van der Waals surface area contributed by atoms with Gasteiger partial charge in [-0.3, -0.25) is 0 Å². The van der Waals surface area contributed by atoms with Crippen LogP contribution in [0.5, 0.6) is 0 Å². The maximum atomic E-state index is 13.5. The largest absolute Gasteiger partial charge is 0.381 e. The van der Waals surface area contributed by atoms with Crippen molar-refractivity contribution in [1.82, 2.24) is 5.32 Å². The molecule has 0 aliphatic carbocycles. The highest BCUT2D eigenvalue weighted by atomic mass is 32.2. The molecule has 0 spiro atoms. The van der Waals surface area contributed by atoms with Crippen LogP contribution in [0.4, 0.5) is 14.9 Å². The second-order valence-corrected chi connectivity index (χ2v) is 4.97. The minimum absolute atomic E-state index is 0.105. The normalized spacial score (nSPS) is 11.0. The van der Waals surface area contributed by atoms with Gasteiger partial charge < -0.3 is 16.4 Å². The Hall–Kier alpha value is -1.87. The van der Waals surface area contributed by atoms with Crippen LogP contribution in [0.15, 0.2) is 23.1 Å².